The topological polar surface area (TPSA) is 18.5 Å². The smallest absolute Gasteiger partial charge is 0.146 e. The highest BCUT2D eigenvalue weighted by molar-refractivity contribution is 7.80. The van der Waals surface area contributed by atoms with Gasteiger partial charge in [-0.1, -0.05) is 0 Å². The van der Waals surface area contributed by atoms with Gasteiger partial charge in [0.2, 0.25) is 0 Å². The summed E-state index contributed by atoms with van der Waals surface area (Å²) in [5.74, 6) is 0.753. The fourth-order valence-electron chi connectivity index (χ4n) is 0.207. The molecule has 0 saturated carbocycles. The van der Waals surface area contributed by atoms with Gasteiger partial charge in [0, 0.05) is 12.9 Å². The average Bonchev–Trinajstić information content (AvgIpc) is 1.69. The van der Waals surface area contributed by atoms with E-state index >= 15 is 0 Å². The molecule has 0 spiro atoms. The lowest BCUT2D eigenvalue weighted by Crippen LogP contribution is -1.98. The molecular formula is C4H10O2S. The van der Waals surface area contributed by atoms with Gasteiger partial charge in [0.05, 0.1) is 6.61 Å². The summed E-state index contributed by atoms with van der Waals surface area (Å²) in [6.07, 6.45) is 0. The molecule has 0 aromatic rings. The van der Waals surface area contributed by atoms with Gasteiger partial charge in [-0.3, -0.25) is 0 Å². The normalized spacial score (nSPS) is 9.43. The minimum atomic E-state index is 0.376. The van der Waals surface area contributed by atoms with Gasteiger partial charge < -0.3 is 9.47 Å². The molecule has 0 saturated heterocycles. The first-order valence-electron chi connectivity index (χ1n) is 2.09. The van der Waals surface area contributed by atoms with E-state index in [4.69, 9.17) is 4.74 Å². The molecule has 0 aromatic heterocycles. The minimum absolute atomic E-state index is 0.376. The summed E-state index contributed by atoms with van der Waals surface area (Å²) in [5, 5.41) is 0. The van der Waals surface area contributed by atoms with Crippen molar-refractivity contribution in [1.29, 1.82) is 0 Å². The Labute approximate surface area is 49.2 Å². The summed E-state index contributed by atoms with van der Waals surface area (Å²) in [4.78, 5) is 0. The van der Waals surface area contributed by atoms with Gasteiger partial charge in [0.25, 0.3) is 0 Å². The summed E-state index contributed by atoms with van der Waals surface area (Å²) in [6.45, 7) is 1.04. The zero-order chi connectivity index (χ0) is 5.54. The lowest BCUT2D eigenvalue weighted by Gasteiger charge is -1.96. The monoisotopic (exact) mass is 122 g/mol. The molecule has 0 heterocycles. The molecule has 0 atom stereocenters. The standard InChI is InChI=1S/C4H10O2S/c1-5-4-6-2-3-7/h7H,2-4H2,1H3. The zero-order valence-electron chi connectivity index (χ0n) is 4.39. The fraction of sp³-hybridized carbons (Fsp3) is 1.00. The third-order valence-corrected chi connectivity index (χ3v) is 0.619. The third-order valence-electron chi connectivity index (χ3n) is 0.437. The van der Waals surface area contributed by atoms with E-state index in [0.29, 0.717) is 13.4 Å². The van der Waals surface area contributed by atoms with Crippen molar-refractivity contribution >= 4 is 12.6 Å². The number of thiol groups is 1. The Bertz CT molecular complexity index is 28.9. The molecule has 3 heteroatoms. The van der Waals surface area contributed by atoms with E-state index < -0.39 is 0 Å². The second-order valence-electron chi connectivity index (χ2n) is 1.04. The highest BCUT2D eigenvalue weighted by atomic mass is 32.1. The van der Waals surface area contributed by atoms with E-state index in [9.17, 15) is 0 Å². The first-order valence-corrected chi connectivity index (χ1v) is 2.72. The van der Waals surface area contributed by atoms with Gasteiger partial charge in [-0.05, 0) is 0 Å². The van der Waals surface area contributed by atoms with Crippen LogP contribution < -0.4 is 0 Å². The van der Waals surface area contributed by atoms with Crippen molar-refractivity contribution in [2.45, 2.75) is 0 Å². The van der Waals surface area contributed by atoms with Crippen molar-refractivity contribution in [3.8, 4) is 0 Å². The van der Waals surface area contributed by atoms with Crippen LogP contribution in [0.2, 0.25) is 0 Å². The maximum Gasteiger partial charge on any atom is 0.146 e. The molecule has 7 heavy (non-hydrogen) atoms. The third kappa shape index (κ3) is 6.27. The van der Waals surface area contributed by atoms with Gasteiger partial charge in [0.1, 0.15) is 6.79 Å². The van der Waals surface area contributed by atoms with Crippen LogP contribution in [0.1, 0.15) is 0 Å². The van der Waals surface area contributed by atoms with Crippen LogP contribution in [0.25, 0.3) is 0 Å². The van der Waals surface area contributed by atoms with Crippen LogP contribution in [0.5, 0.6) is 0 Å². The summed E-state index contributed by atoms with van der Waals surface area (Å²) in [7, 11) is 1.60. The van der Waals surface area contributed by atoms with Crippen LogP contribution in [-0.4, -0.2) is 26.3 Å². The lowest BCUT2D eigenvalue weighted by molar-refractivity contribution is -0.0238. The van der Waals surface area contributed by atoms with Gasteiger partial charge in [-0.15, -0.1) is 0 Å². The fourth-order valence-corrected chi connectivity index (χ4v) is 0.336. The molecule has 0 N–H and O–H groups in total. The molecule has 0 amide bonds. The second kappa shape index (κ2) is 6.27. The second-order valence-corrected chi connectivity index (χ2v) is 1.49. The number of methoxy groups -OCH3 is 1. The Morgan fingerprint density at radius 3 is 2.71 bits per heavy atom. The summed E-state index contributed by atoms with van der Waals surface area (Å²) in [5.41, 5.74) is 0. The summed E-state index contributed by atoms with van der Waals surface area (Å²) < 4.78 is 9.42. The number of hydrogen-bond acceptors (Lipinski definition) is 3. The summed E-state index contributed by atoms with van der Waals surface area (Å²) >= 11 is 3.91. The first-order chi connectivity index (χ1) is 3.41. The van der Waals surface area contributed by atoms with Crippen molar-refractivity contribution < 1.29 is 9.47 Å². The summed E-state index contributed by atoms with van der Waals surface area (Å²) in [6, 6.07) is 0. The molecular weight excluding hydrogens is 112 g/mol. The van der Waals surface area contributed by atoms with Crippen LogP contribution in [-0.2, 0) is 9.47 Å². The van der Waals surface area contributed by atoms with Crippen LogP contribution in [0, 0.1) is 0 Å². The highest BCUT2D eigenvalue weighted by Crippen LogP contribution is 1.76. The molecule has 0 fully saturated rings. The molecule has 2 nitrogen and oxygen atoms in total. The average molecular weight is 122 g/mol. The van der Waals surface area contributed by atoms with Gasteiger partial charge in [-0.2, -0.15) is 12.6 Å². The predicted molar refractivity (Wildman–Crippen MR) is 31.7 cm³/mol. The molecule has 0 aromatic carbocycles. The van der Waals surface area contributed by atoms with Crippen LogP contribution in [0.4, 0.5) is 0 Å². The zero-order valence-corrected chi connectivity index (χ0v) is 5.28. The SMILES string of the molecule is COCOCCS. The van der Waals surface area contributed by atoms with Crippen LogP contribution in [0.3, 0.4) is 0 Å². The molecule has 0 aliphatic carbocycles. The quantitative estimate of drug-likeness (QED) is 0.333. The highest BCUT2D eigenvalue weighted by Gasteiger charge is 1.77. The van der Waals surface area contributed by atoms with E-state index in [0.717, 1.165) is 5.75 Å². The van der Waals surface area contributed by atoms with Crippen molar-refractivity contribution in [2.75, 3.05) is 26.3 Å². The van der Waals surface area contributed by atoms with E-state index in [1.165, 1.54) is 0 Å². The van der Waals surface area contributed by atoms with Gasteiger partial charge in [0.15, 0.2) is 0 Å². The molecule has 44 valence electrons. The molecule has 0 bridgehead atoms. The van der Waals surface area contributed by atoms with Crippen molar-refractivity contribution in [3.63, 3.8) is 0 Å². The molecule has 0 rings (SSSR count). The predicted octanol–water partition coefficient (Wildman–Crippen LogP) is 0.537. The largest absolute Gasteiger partial charge is 0.359 e. The van der Waals surface area contributed by atoms with Gasteiger partial charge >= 0.3 is 0 Å². The lowest BCUT2D eigenvalue weighted by atomic mass is 10.9. The van der Waals surface area contributed by atoms with Crippen molar-refractivity contribution in [2.24, 2.45) is 0 Å². The van der Waals surface area contributed by atoms with E-state index in [1.807, 2.05) is 0 Å². The number of hydrogen-bond donors (Lipinski definition) is 1. The first kappa shape index (κ1) is 7.27. The van der Waals surface area contributed by atoms with Crippen molar-refractivity contribution in [1.82, 2.24) is 0 Å². The number of ether oxygens (including phenoxy) is 2. The Morgan fingerprint density at radius 2 is 2.29 bits per heavy atom. The molecule has 0 unspecified atom stereocenters. The molecule has 0 aliphatic heterocycles. The molecule has 0 radical (unpaired) electrons. The minimum Gasteiger partial charge on any atom is -0.359 e. The molecule has 0 aliphatic rings. The Balaban J connectivity index is 2.45. The van der Waals surface area contributed by atoms with Gasteiger partial charge in [-0.25, -0.2) is 0 Å². The van der Waals surface area contributed by atoms with Crippen molar-refractivity contribution in [3.05, 3.63) is 0 Å². The maximum atomic E-state index is 4.83. The van der Waals surface area contributed by atoms with E-state index in [1.54, 1.807) is 7.11 Å². The maximum absolute atomic E-state index is 4.83. The Morgan fingerprint density at radius 1 is 1.57 bits per heavy atom. The Kier molecular flexibility index (Phi) is 6.51. The number of rotatable bonds is 4. The van der Waals surface area contributed by atoms with E-state index in [2.05, 4.69) is 17.4 Å². The van der Waals surface area contributed by atoms with E-state index in [-0.39, 0.29) is 0 Å². The van der Waals surface area contributed by atoms with Crippen LogP contribution >= 0.6 is 12.6 Å². The Hall–Kier alpha value is 0.270. The van der Waals surface area contributed by atoms with Crippen LogP contribution in [0.15, 0.2) is 0 Å².